The molecule has 24 heavy (non-hydrogen) atoms. The van der Waals surface area contributed by atoms with Crippen LogP contribution in [0, 0.1) is 0 Å². The summed E-state index contributed by atoms with van der Waals surface area (Å²) in [6, 6.07) is 14.3. The van der Waals surface area contributed by atoms with Gasteiger partial charge in [-0.1, -0.05) is 30.3 Å². The Morgan fingerprint density at radius 3 is 2.83 bits per heavy atom. The molecule has 0 bridgehead atoms. The first-order chi connectivity index (χ1) is 11.6. The zero-order chi connectivity index (χ0) is 17.1. The van der Waals surface area contributed by atoms with E-state index in [2.05, 4.69) is 5.32 Å². The maximum atomic E-state index is 12.7. The smallest absolute Gasteiger partial charge is 0.322 e. The fourth-order valence-corrected chi connectivity index (χ4v) is 3.60. The Balaban J connectivity index is 1.80. The fourth-order valence-electron chi connectivity index (χ4n) is 3.04. The number of aliphatic hydroxyl groups is 1. The Morgan fingerprint density at radius 2 is 2.08 bits per heavy atom. The van der Waals surface area contributed by atoms with E-state index in [-0.39, 0.29) is 18.7 Å². The van der Waals surface area contributed by atoms with Crippen molar-refractivity contribution in [3.63, 3.8) is 0 Å². The van der Waals surface area contributed by atoms with Crippen LogP contribution in [0.1, 0.15) is 17.2 Å². The Hall–Kier alpha value is -2.18. The number of hydrogen-bond acceptors (Lipinski definition) is 3. The van der Waals surface area contributed by atoms with Crippen molar-refractivity contribution in [2.75, 3.05) is 24.7 Å². The average molecular weight is 344 g/mol. The third kappa shape index (κ3) is 3.34. The van der Waals surface area contributed by atoms with Gasteiger partial charge in [-0.05, 0) is 35.7 Å². The molecule has 1 aliphatic heterocycles. The lowest BCUT2D eigenvalue weighted by molar-refractivity contribution is 0.135. The zero-order valence-corrected chi connectivity index (χ0v) is 14.3. The number of fused-ring (bicyclic) bond motifs is 1. The van der Waals surface area contributed by atoms with Crippen molar-refractivity contribution in [3.8, 4) is 0 Å². The fraction of sp³-hybridized carbons (Fsp3) is 0.278. The molecule has 2 N–H and O–H groups in total. The molecule has 0 unspecified atom stereocenters. The standard InChI is InChI=1S/C18H20N2O3S/c1-24(23)15-7-4-6-14(11-15)19-18(22)20-10-9-13-5-2-3-8-16(13)17(20)12-21/h2-8,11,17,21H,9-10,12H2,1H3,(H,19,22)/t17-,24-/m0/s1. The number of nitrogens with one attached hydrogen (secondary N) is 1. The first-order valence-electron chi connectivity index (χ1n) is 7.80. The van der Waals surface area contributed by atoms with Gasteiger partial charge in [0.2, 0.25) is 0 Å². The van der Waals surface area contributed by atoms with Gasteiger partial charge in [0.25, 0.3) is 0 Å². The number of aliphatic hydroxyl groups excluding tert-OH is 1. The van der Waals surface area contributed by atoms with Crippen LogP contribution in [0.4, 0.5) is 10.5 Å². The number of carbonyl (C=O) groups is 1. The number of benzene rings is 2. The second-order valence-corrected chi connectivity index (χ2v) is 7.13. The van der Waals surface area contributed by atoms with Gasteiger partial charge in [-0.2, -0.15) is 0 Å². The van der Waals surface area contributed by atoms with E-state index in [1.165, 1.54) is 5.56 Å². The van der Waals surface area contributed by atoms with E-state index in [1.54, 1.807) is 35.4 Å². The Bertz CT molecular complexity index is 778. The van der Waals surface area contributed by atoms with Crippen molar-refractivity contribution in [1.82, 2.24) is 4.90 Å². The lowest BCUT2D eigenvalue weighted by Crippen LogP contribution is -2.43. The molecule has 0 saturated heterocycles. The van der Waals surface area contributed by atoms with Crippen molar-refractivity contribution in [3.05, 3.63) is 59.7 Å². The molecule has 5 nitrogen and oxygen atoms in total. The molecule has 2 aromatic carbocycles. The largest absolute Gasteiger partial charge is 0.394 e. The number of hydrogen-bond donors (Lipinski definition) is 2. The quantitative estimate of drug-likeness (QED) is 0.899. The monoisotopic (exact) mass is 344 g/mol. The van der Waals surface area contributed by atoms with Crippen LogP contribution in [-0.2, 0) is 17.2 Å². The number of rotatable bonds is 3. The topological polar surface area (TPSA) is 69.6 Å². The van der Waals surface area contributed by atoms with E-state index >= 15 is 0 Å². The molecule has 0 aromatic heterocycles. The number of anilines is 1. The van der Waals surface area contributed by atoms with E-state index in [0.29, 0.717) is 17.1 Å². The predicted molar refractivity (Wildman–Crippen MR) is 94.5 cm³/mol. The molecule has 0 radical (unpaired) electrons. The molecule has 0 saturated carbocycles. The second-order valence-electron chi connectivity index (χ2n) is 5.75. The van der Waals surface area contributed by atoms with Gasteiger partial charge in [0.1, 0.15) is 0 Å². The van der Waals surface area contributed by atoms with Crippen LogP contribution in [0.3, 0.4) is 0 Å². The SMILES string of the molecule is C[S@](=O)c1cccc(NC(=O)N2CCc3ccccc3[C@@H]2CO)c1. The first kappa shape index (κ1) is 16.7. The van der Waals surface area contributed by atoms with Gasteiger partial charge < -0.3 is 15.3 Å². The summed E-state index contributed by atoms with van der Waals surface area (Å²) in [6.07, 6.45) is 2.36. The third-order valence-corrected chi connectivity index (χ3v) is 5.18. The van der Waals surface area contributed by atoms with Crippen LogP contribution < -0.4 is 5.32 Å². The number of nitrogens with zero attached hydrogens (tertiary/aromatic N) is 1. The zero-order valence-electron chi connectivity index (χ0n) is 13.4. The van der Waals surface area contributed by atoms with Crippen molar-refractivity contribution in [1.29, 1.82) is 0 Å². The van der Waals surface area contributed by atoms with Gasteiger partial charge >= 0.3 is 6.03 Å². The molecule has 0 fully saturated rings. The van der Waals surface area contributed by atoms with Crippen LogP contribution in [0.15, 0.2) is 53.4 Å². The molecule has 2 amide bonds. The van der Waals surface area contributed by atoms with Crippen molar-refractivity contribution < 1.29 is 14.1 Å². The molecule has 3 rings (SSSR count). The minimum atomic E-state index is -1.10. The Morgan fingerprint density at radius 1 is 1.29 bits per heavy atom. The summed E-state index contributed by atoms with van der Waals surface area (Å²) >= 11 is 0. The van der Waals surface area contributed by atoms with Gasteiger partial charge in [0, 0.05) is 34.2 Å². The molecule has 2 aromatic rings. The summed E-state index contributed by atoms with van der Waals surface area (Å²) in [6.45, 7) is 0.428. The van der Waals surface area contributed by atoms with E-state index in [9.17, 15) is 14.1 Å². The summed E-state index contributed by atoms with van der Waals surface area (Å²) in [5.41, 5.74) is 2.76. The highest BCUT2D eigenvalue weighted by Crippen LogP contribution is 2.29. The summed E-state index contributed by atoms with van der Waals surface area (Å²) in [4.78, 5) is 15.0. The van der Waals surface area contributed by atoms with Crippen LogP contribution in [0.25, 0.3) is 0 Å². The second kappa shape index (κ2) is 7.15. The van der Waals surface area contributed by atoms with Crippen LogP contribution in [0.2, 0.25) is 0 Å². The van der Waals surface area contributed by atoms with Crippen LogP contribution >= 0.6 is 0 Å². The number of urea groups is 1. The van der Waals surface area contributed by atoms with Gasteiger partial charge in [0.05, 0.1) is 12.6 Å². The lowest BCUT2D eigenvalue weighted by atomic mass is 9.93. The first-order valence-corrected chi connectivity index (χ1v) is 9.35. The van der Waals surface area contributed by atoms with Gasteiger partial charge in [0.15, 0.2) is 0 Å². The van der Waals surface area contributed by atoms with Crippen LogP contribution in [0.5, 0.6) is 0 Å². The van der Waals surface area contributed by atoms with E-state index in [1.807, 2.05) is 24.3 Å². The third-order valence-electron chi connectivity index (χ3n) is 4.26. The normalized spacial score (nSPS) is 17.9. The minimum Gasteiger partial charge on any atom is -0.394 e. The molecule has 126 valence electrons. The predicted octanol–water partition coefficient (Wildman–Crippen LogP) is 2.55. The summed E-state index contributed by atoms with van der Waals surface area (Å²) < 4.78 is 11.6. The molecule has 6 heteroatoms. The van der Waals surface area contributed by atoms with E-state index in [4.69, 9.17) is 0 Å². The average Bonchev–Trinajstić information content (AvgIpc) is 2.60. The van der Waals surface area contributed by atoms with Crippen LogP contribution in [-0.4, -0.2) is 39.7 Å². The number of amides is 2. The summed E-state index contributed by atoms with van der Waals surface area (Å²) in [5.74, 6) is 0. The van der Waals surface area contributed by atoms with E-state index in [0.717, 1.165) is 12.0 Å². The van der Waals surface area contributed by atoms with Crippen molar-refractivity contribution in [2.45, 2.75) is 17.4 Å². The summed E-state index contributed by atoms with van der Waals surface area (Å²) in [7, 11) is -1.10. The molecule has 2 atom stereocenters. The Labute approximate surface area is 143 Å². The Kier molecular flexibility index (Phi) is 4.97. The maximum Gasteiger partial charge on any atom is 0.322 e. The maximum absolute atomic E-state index is 12.7. The van der Waals surface area contributed by atoms with Gasteiger partial charge in [-0.25, -0.2) is 4.79 Å². The highest BCUT2D eigenvalue weighted by Gasteiger charge is 2.30. The molecule has 1 aliphatic rings. The number of carbonyl (C=O) groups excluding carboxylic acids is 1. The molecular formula is C18H20N2O3S. The van der Waals surface area contributed by atoms with E-state index < -0.39 is 10.8 Å². The minimum absolute atomic E-state index is 0.122. The lowest BCUT2D eigenvalue weighted by Gasteiger charge is -2.36. The molecule has 0 spiro atoms. The van der Waals surface area contributed by atoms with Crippen molar-refractivity contribution >= 4 is 22.5 Å². The van der Waals surface area contributed by atoms with Crippen molar-refractivity contribution in [2.24, 2.45) is 0 Å². The molecule has 0 aliphatic carbocycles. The highest BCUT2D eigenvalue weighted by molar-refractivity contribution is 7.84. The summed E-state index contributed by atoms with van der Waals surface area (Å²) in [5, 5.41) is 12.6. The highest BCUT2D eigenvalue weighted by atomic mass is 32.2. The van der Waals surface area contributed by atoms with Gasteiger partial charge in [-0.3, -0.25) is 4.21 Å². The van der Waals surface area contributed by atoms with Gasteiger partial charge in [-0.15, -0.1) is 0 Å². The molecular weight excluding hydrogens is 324 g/mol. The molecule has 1 heterocycles.